The Balaban J connectivity index is 2.11. The molecule has 4 nitrogen and oxygen atoms in total. The number of allylic oxidation sites excluding steroid dienone is 18. The Morgan fingerprint density at radius 2 is 1.06 bits per heavy atom. The van der Waals surface area contributed by atoms with Crippen molar-refractivity contribution in [3.05, 3.63) is 117 Å². The molecule has 0 unspecified atom stereocenters. The van der Waals surface area contributed by atoms with E-state index in [1.807, 2.05) is 50.3 Å². The summed E-state index contributed by atoms with van der Waals surface area (Å²) in [5.74, 6) is -0.886. The SMILES string of the molecule is CC(C=CC1=C(C)CCCC1(C)C)=CC=CC(C)=CC(=O)C(N)(CCN)C(=O)C=C(C)C=CC=C(C)C=CC1=C(C)CCCC1(C)C. The lowest BCUT2D eigenvalue weighted by atomic mass is 9.72. The summed E-state index contributed by atoms with van der Waals surface area (Å²) in [6.45, 7) is 21.7. The van der Waals surface area contributed by atoms with Crippen molar-refractivity contribution in [2.75, 3.05) is 6.54 Å². The highest BCUT2D eigenvalue weighted by atomic mass is 16.2. The molecule has 0 radical (unpaired) electrons. The highest BCUT2D eigenvalue weighted by molar-refractivity contribution is 6.19. The topological polar surface area (TPSA) is 86.2 Å². The molecule has 0 heterocycles. The fourth-order valence-corrected chi connectivity index (χ4v) is 6.63. The molecule has 2 rings (SSSR count). The van der Waals surface area contributed by atoms with Crippen molar-refractivity contribution < 1.29 is 9.59 Å². The minimum absolute atomic E-state index is 0.0660. The molecule has 2 aliphatic rings. The van der Waals surface area contributed by atoms with Gasteiger partial charge >= 0.3 is 0 Å². The van der Waals surface area contributed by atoms with Crippen molar-refractivity contribution in [2.45, 2.75) is 120 Å². The number of carbonyl (C=O) groups excluding carboxylic acids is 2. The van der Waals surface area contributed by atoms with Gasteiger partial charge in [-0.3, -0.25) is 9.59 Å². The first kappa shape index (κ1) is 39.8. The van der Waals surface area contributed by atoms with Gasteiger partial charge in [0, 0.05) is 0 Å². The van der Waals surface area contributed by atoms with E-state index < -0.39 is 17.1 Å². The van der Waals surface area contributed by atoms with E-state index in [9.17, 15) is 9.59 Å². The Bertz CT molecular complexity index is 1370. The first-order valence-corrected chi connectivity index (χ1v) is 17.3. The van der Waals surface area contributed by atoms with Crippen LogP contribution in [0, 0.1) is 10.8 Å². The van der Waals surface area contributed by atoms with Crippen LogP contribution < -0.4 is 11.5 Å². The van der Waals surface area contributed by atoms with E-state index in [4.69, 9.17) is 11.5 Å². The van der Waals surface area contributed by atoms with Crippen LogP contribution in [0.1, 0.15) is 114 Å². The summed E-state index contributed by atoms with van der Waals surface area (Å²) in [6, 6.07) is 0. The smallest absolute Gasteiger partial charge is 0.183 e. The summed E-state index contributed by atoms with van der Waals surface area (Å²) in [4.78, 5) is 26.6. The molecular formula is C43H62N2O2. The highest BCUT2D eigenvalue weighted by Gasteiger charge is 2.38. The molecular weight excluding hydrogens is 576 g/mol. The molecule has 0 saturated carbocycles. The molecule has 256 valence electrons. The van der Waals surface area contributed by atoms with Crippen LogP contribution in [0.15, 0.2) is 117 Å². The first-order valence-electron chi connectivity index (χ1n) is 17.3. The van der Waals surface area contributed by atoms with Crippen molar-refractivity contribution in [1.82, 2.24) is 0 Å². The Morgan fingerprint density at radius 3 is 1.40 bits per heavy atom. The van der Waals surface area contributed by atoms with Gasteiger partial charge in [-0.2, -0.15) is 0 Å². The third-order valence-electron chi connectivity index (χ3n) is 9.68. The van der Waals surface area contributed by atoms with Gasteiger partial charge in [0.2, 0.25) is 0 Å². The average Bonchev–Trinajstić information content (AvgIpc) is 2.95. The zero-order valence-electron chi connectivity index (χ0n) is 31.1. The standard InChI is InChI=1S/C43H62N2O2/c1-31(21-23-37-35(5)19-13-25-41(37,7)8)15-11-17-33(3)29-39(46)43(45,27-28-44)40(47)30-34(4)18-12-16-32(2)22-24-38-36(6)20-14-26-42(38,9)10/h11-12,15-18,21-24,29-30H,13-14,19-20,25-28,44-45H2,1-10H3. The van der Waals surface area contributed by atoms with Crippen molar-refractivity contribution >= 4 is 11.6 Å². The fraction of sp³-hybridized carbons (Fsp3) is 0.488. The molecule has 0 aromatic heterocycles. The van der Waals surface area contributed by atoms with Crippen molar-refractivity contribution in [1.29, 1.82) is 0 Å². The molecule has 4 N–H and O–H groups in total. The Kier molecular flexibility index (Phi) is 15.0. The third kappa shape index (κ3) is 12.0. The minimum Gasteiger partial charge on any atom is -0.330 e. The number of hydrogen-bond acceptors (Lipinski definition) is 4. The number of carbonyl (C=O) groups is 2. The van der Waals surface area contributed by atoms with Gasteiger partial charge in [0.05, 0.1) is 0 Å². The molecule has 0 fully saturated rings. The van der Waals surface area contributed by atoms with E-state index in [1.165, 1.54) is 60.1 Å². The second kappa shape index (κ2) is 17.7. The lowest BCUT2D eigenvalue weighted by molar-refractivity contribution is -0.129. The zero-order chi connectivity index (χ0) is 35.4. The van der Waals surface area contributed by atoms with Crippen LogP contribution in [-0.4, -0.2) is 23.7 Å². The Morgan fingerprint density at radius 1 is 0.681 bits per heavy atom. The van der Waals surface area contributed by atoms with Crippen LogP contribution in [0.4, 0.5) is 0 Å². The molecule has 0 bridgehead atoms. The second-order valence-corrected chi connectivity index (χ2v) is 15.1. The van der Waals surface area contributed by atoms with Crippen LogP contribution in [0.2, 0.25) is 0 Å². The van der Waals surface area contributed by atoms with E-state index in [2.05, 4.69) is 79.7 Å². The molecule has 0 saturated heterocycles. The lowest BCUT2D eigenvalue weighted by Gasteiger charge is -2.33. The van der Waals surface area contributed by atoms with Gasteiger partial charge in [-0.1, -0.05) is 111 Å². The zero-order valence-corrected chi connectivity index (χ0v) is 31.1. The maximum atomic E-state index is 13.3. The molecule has 2 aliphatic carbocycles. The maximum Gasteiger partial charge on any atom is 0.183 e. The van der Waals surface area contributed by atoms with E-state index in [-0.39, 0.29) is 23.8 Å². The van der Waals surface area contributed by atoms with Crippen LogP contribution >= 0.6 is 0 Å². The predicted molar refractivity (Wildman–Crippen MR) is 203 cm³/mol. The lowest BCUT2D eigenvalue weighted by Crippen LogP contribution is -2.55. The monoisotopic (exact) mass is 638 g/mol. The summed E-state index contributed by atoms with van der Waals surface area (Å²) in [7, 11) is 0. The van der Waals surface area contributed by atoms with E-state index in [0.29, 0.717) is 11.1 Å². The van der Waals surface area contributed by atoms with Gasteiger partial charge < -0.3 is 11.5 Å². The molecule has 0 aromatic carbocycles. The molecule has 0 amide bonds. The summed E-state index contributed by atoms with van der Waals surface area (Å²) in [6.07, 6.45) is 30.6. The van der Waals surface area contributed by atoms with Gasteiger partial charge in [-0.15, -0.1) is 0 Å². The molecule has 0 aromatic rings. The van der Waals surface area contributed by atoms with Crippen molar-refractivity contribution in [3.63, 3.8) is 0 Å². The molecule has 4 heteroatoms. The van der Waals surface area contributed by atoms with E-state index in [1.54, 1.807) is 0 Å². The second-order valence-electron chi connectivity index (χ2n) is 15.1. The largest absolute Gasteiger partial charge is 0.330 e. The fourth-order valence-electron chi connectivity index (χ4n) is 6.63. The van der Waals surface area contributed by atoms with Gasteiger partial charge in [0.15, 0.2) is 11.6 Å². The van der Waals surface area contributed by atoms with Crippen molar-refractivity contribution in [3.8, 4) is 0 Å². The van der Waals surface area contributed by atoms with Gasteiger partial charge in [-0.25, -0.2) is 0 Å². The Labute approximate surface area is 286 Å². The quantitative estimate of drug-likeness (QED) is 0.113. The van der Waals surface area contributed by atoms with E-state index >= 15 is 0 Å². The summed E-state index contributed by atoms with van der Waals surface area (Å²) < 4.78 is 0. The molecule has 0 atom stereocenters. The van der Waals surface area contributed by atoms with Gasteiger partial charge in [-0.05, 0) is 138 Å². The van der Waals surface area contributed by atoms with Crippen LogP contribution in [-0.2, 0) is 9.59 Å². The van der Waals surface area contributed by atoms with Gasteiger partial charge in [0.1, 0.15) is 5.54 Å². The maximum absolute atomic E-state index is 13.3. The summed E-state index contributed by atoms with van der Waals surface area (Å²) in [5, 5.41) is 0. The molecule has 0 aliphatic heterocycles. The molecule has 0 spiro atoms. The van der Waals surface area contributed by atoms with Crippen LogP contribution in [0.5, 0.6) is 0 Å². The molecule has 47 heavy (non-hydrogen) atoms. The van der Waals surface area contributed by atoms with Crippen LogP contribution in [0.3, 0.4) is 0 Å². The first-order chi connectivity index (χ1) is 21.9. The number of rotatable bonds is 14. The van der Waals surface area contributed by atoms with E-state index in [0.717, 1.165) is 24.0 Å². The average molecular weight is 639 g/mol. The summed E-state index contributed by atoms with van der Waals surface area (Å²) in [5.41, 5.74) is 20.4. The van der Waals surface area contributed by atoms with Crippen LogP contribution in [0.25, 0.3) is 0 Å². The predicted octanol–water partition coefficient (Wildman–Crippen LogP) is 10.2. The number of ketones is 2. The summed E-state index contributed by atoms with van der Waals surface area (Å²) >= 11 is 0. The van der Waals surface area contributed by atoms with Crippen molar-refractivity contribution in [2.24, 2.45) is 22.3 Å². The highest BCUT2D eigenvalue weighted by Crippen LogP contribution is 2.41. The third-order valence-corrected chi connectivity index (χ3v) is 9.68. The minimum atomic E-state index is -1.71. The van der Waals surface area contributed by atoms with Gasteiger partial charge in [0.25, 0.3) is 0 Å². The number of hydrogen-bond donors (Lipinski definition) is 2. The number of nitrogens with two attached hydrogens (primary N) is 2. The Hall–Kier alpha value is -3.34. The normalized spacial score (nSPS) is 21.5.